The van der Waals surface area contributed by atoms with Crippen molar-refractivity contribution >= 4 is 11.9 Å². The number of nitrogens with two attached hydrogens (primary N) is 1. The van der Waals surface area contributed by atoms with Crippen LogP contribution in [0.1, 0.15) is 20.8 Å². The zero-order valence-corrected chi connectivity index (χ0v) is 12.4. The molecule has 2 aromatic heterocycles. The lowest BCUT2D eigenvalue weighted by Gasteiger charge is -2.22. The summed E-state index contributed by atoms with van der Waals surface area (Å²) in [5.41, 5.74) is 5.72. The van der Waals surface area contributed by atoms with Gasteiger partial charge in [0.05, 0.1) is 12.6 Å². The maximum absolute atomic E-state index is 5.72. The normalized spacial score (nSPS) is 12.6. The average molecular weight is 292 g/mol. The first-order valence-electron chi connectivity index (χ1n) is 6.81. The van der Waals surface area contributed by atoms with Gasteiger partial charge in [0.25, 0.3) is 5.95 Å². The van der Waals surface area contributed by atoms with Gasteiger partial charge in [0, 0.05) is 6.61 Å². The molecule has 2 heterocycles. The molecule has 3 N–H and O–H groups in total. The van der Waals surface area contributed by atoms with Gasteiger partial charge in [-0.05, 0) is 12.8 Å². The van der Waals surface area contributed by atoms with Crippen LogP contribution < -0.4 is 11.1 Å². The van der Waals surface area contributed by atoms with Crippen molar-refractivity contribution in [1.82, 2.24) is 29.7 Å². The molecular formula is C12H20N8O. The Morgan fingerprint density at radius 1 is 1.33 bits per heavy atom. The largest absolute Gasteiger partial charge is 0.380 e. The Morgan fingerprint density at radius 2 is 2.14 bits per heavy atom. The van der Waals surface area contributed by atoms with Crippen molar-refractivity contribution in [1.29, 1.82) is 0 Å². The van der Waals surface area contributed by atoms with E-state index in [9.17, 15) is 0 Å². The van der Waals surface area contributed by atoms with Crippen LogP contribution >= 0.6 is 0 Å². The molecule has 0 spiro atoms. The number of ether oxygens (including phenoxy) is 1. The van der Waals surface area contributed by atoms with E-state index in [-0.39, 0.29) is 12.0 Å². The summed E-state index contributed by atoms with van der Waals surface area (Å²) in [6, 6.07) is 0.0790. The second-order valence-corrected chi connectivity index (χ2v) is 4.81. The van der Waals surface area contributed by atoms with E-state index in [1.165, 1.54) is 17.3 Å². The fourth-order valence-electron chi connectivity index (χ4n) is 1.67. The van der Waals surface area contributed by atoms with Gasteiger partial charge in [-0.1, -0.05) is 13.8 Å². The van der Waals surface area contributed by atoms with Crippen LogP contribution in [0.15, 0.2) is 12.7 Å². The number of hydrogen-bond acceptors (Lipinski definition) is 8. The molecule has 9 nitrogen and oxygen atoms in total. The minimum Gasteiger partial charge on any atom is -0.380 e. The Balaban J connectivity index is 2.19. The van der Waals surface area contributed by atoms with E-state index in [0.29, 0.717) is 31.0 Å². The summed E-state index contributed by atoms with van der Waals surface area (Å²) in [5.74, 6) is 1.19. The fourth-order valence-corrected chi connectivity index (χ4v) is 1.67. The highest BCUT2D eigenvalue weighted by atomic mass is 16.5. The molecule has 1 unspecified atom stereocenters. The maximum Gasteiger partial charge on any atom is 0.258 e. The molecule has 114 valence electrons. The maximum atomic E-state index is 5.72. The van der Waals surface area contributed by atoms with E-state index >= 15 is 0 Å². The fraction of sp³-hybridized carbons (Fsp3) is 0.583. The summed E-state index contributed by atoms with van der Waals surface area (Å²) in [5, 5.41) is 7.20. The van der Waals surface area contributed by atoms with Crippen molar-refractivity contribution in [2.24, 2.45) is 5.92 Å². The number of nitrogens with one attached hydrogen (secondary N) is 1. The lowest BCUT2D eigenvalue weighted by molar-refractivity contribution is 0.126. The highest BCUT2D eigenvalue weighted by molar-refractivity contribution is 5.35. The van der Waals surface area contributed by atoms with Gasteiger partial charge in [-0.15, -0.1) is 0 Å². The first-order chi connectivity index (χ1) is 10.1. The second-order valence-electron chi connectivity index (χ2n) is 4.81. The zero-order chi connectivity index (χ0) is 15.2. The number of anilines is 2. The van der Waals surface area contributed by atoms with Crippen LogP contribution in [0.3, 0.4) is 0 Å². The molecule has 9 heteroatoms. The molecule has 2 rings (SSSR count). The molecule has 0 fully saturated rings. The average Bonchev–Trinajstić information content (AvgIpc) is 2.96. The second kappa shape index (κ2) is 6.93. The Bertz CT molecular complexity index is 556. The molecule has 0 aliphatic carbocycles. The van der Waals surface area contributed by atoms with E-state index < -0.39 is 0 Å². The van der Waals surface area contributed by atoms with Crippen LogP contribution in [0, 0.1) is 5.92 Å². The minimum atomic E-state index is 0.0790. The Labute approximate surface area is 123 Å². The lowest BCUT2D eigenvalue weighted by atomic mass is 10.1. The van der Waals surface area contributed by atoms with Crippen molar-refractivity contribution in [3.05, 3.63) is 12.7 Å². The number of nitrogens with zero attached hydrogens (tertiary/aromatic N) is 6. The number of hydrogen-bond donors (Lipinski definition) is 2. The predicted molar refractivity (Wildman–Crippen MR) is 77.9 cm³/mol. The molecule has 1 atom stereocenters. The van der Waals surface area contributed by atoms with E-state index in [1.807, 2.05) is 6.92 Å². The van der Waals surface area contributed by atoms with Crippen molar-refractivity contribution in [2.75, 3.05) is 24.3 Å². The molecule has 21 heavy (non-hydrogen) atoms. The van der Waals surface area contributed by atoms with E-state index in [4.69, 9.17) is 10.5 Å². The third-order valence-corrected chi connectivity index (χ3v) is 2.89. The Morgan fingerprint density at radius 3 is 2.76 bits per heavy atom. The number of aromatic nitrogens is 6. The van der Waals surface area contributed by atoms with Gasteiger partial charge in [0.15, 0.2) is 0 Å². The quantitative estimate of drug-likeness (QED) is 0.758. The van der Waals surface area contributed by atoms with Gasteiger partial charge in [0.2, 0.25) is 11.9 Å². The lowest BCUT2D eigenvalue weighted by Crippen LogP contribution is -2.32. The Kier molecular flexibility index (Phi) is 4.99. The van der Waals surface area contributed by atoms with Crippen LogP contribution in [0.25, 0.3) is 5.95 Å². The number of rotatable bonds is 7. The molecule has 0 saturated carbocycles. The van der Waals surface area contributed by atoms with Gasteiger partial charge < -0.3 is 15.8 Å². The third kappa shape index (κ3) is 4.09. The summed E-state index contributed by atoms with van der Waals surface area (Å²) < 4.78 is 6.90. The molecule has 0 aromatic carbocycles. The van der Waals surface area contributed by atoms with Gasteiger partial charge >= 0.3 is 0 Å². The monoisotopic (exact) mass is 292 g/mol. The van der Waals surface area contributed by atoms with Crippen LogP contribution in [0.2, 0.25) is 0 Å². The topological polar surface area (TPSA) is 117 Å². The van der Waals surface area contributed by atoms with E-state index in [2.05, 4.69) is 44.2 Å². The van der Waals surface area contributed by atoms with Crippen LogP contribution in [-0.2, 0) is 4.74 Å². The van der Waals surface area contributed by atoms with Crippen molar-refractivity contribution in [2.45, 2.75) is 26.8 Å². The van der Waals surface area contributed by atoms with E-state index in [0.717, 1.165) is 0 Å². The summed E-state index contributed by atoms with van der Waals surface area (Å²) in [6.45, 7) is 7.38. The van der Waals surface area contributed by atoms with Crippen LogP contribution in [0.4, 0.5) is 11.9 Å². The number of nitrogen functional groups attached to an aromatic ring is 1. The standard InChI is InChI=1S/C12H20N8O/c1-4-21-5-9(8(2)3)16-11-17-10(13)18-12(19-11)20-7-14-6-15-20/h6-9H,4-5H2,1-3H3,(H3,13,16,17,18,19). The first-order valence-corrected chi connectivity index (χ1v) is 6.81. The van der Waals surface area contributed by atoms with Crippen molar-refractivity contribution in [3.63, 3.8) is 0 Å². The first kappa shape index (κ1) is 15.1. The predicted octanol–water partition coefficient (Wildman–Crippen LogP) is 0.507. The van der Waals surface area contributed by atoms with E-state index in [1.54, 1.807) is 0 Å². The third-order valence-electron chi connectivity index (χ3n) is 2.89. The minimum absolute atomic E-state index is 0.0790. The molecular weight excluding hydrogens is 272 g/mol. The SMILES string of the molecule is CCOCC(Nc1nc(N)nc(-n2cncn2)n1)C(C)C. The van der Waals surface area contributed by atoms with Crippen LogP contribution in [0.5, 0.6) is 0 Å². The van der Waals surface area contributed by atoms with Gasteiger partial charge in [-0.3, -0.25) is 0 Å². The summed E-state index contributed by atoms with van der Waals surface area (Å²) in [7, 11) is 0. The van der Waals surface area contributed by atoms with Gasteiger partial charge in [-0.2, -0.15) is 24.7 Å². The Hall–Kier alpha value is -2.29. The van der Waals surface area contributed by atoms with Crippen molar-refractivity contribution in [3.8, 4) is 5.95 Å². The molecule has 2 aromatic rings. The summed E-state index contributed by atoms with van der Waals surface area (Å²) >= 11 is 0. The van der Waals surface area contributed by atoms with Gasteiger partial charge in [-0.25, -0.2) is 4.98 Å². The molecule has 0 aliphatic heterocycles. The van der Waals surface area contributed by atoms with Gasteiger partial charge in [0.1, 0.15) is 12.7 Å². The zero-order valence-electron chi connectivity index (χ0n) is 12.4. The summed E-state index contributed by atoms with van der Waals surface area (Å²) in [6.07, 6.45) is 2.90. The molecule has 0 amide bonds. The molecule has 0 radical (unpaired) electrons. The molecule has 0 bridgehead atoms. The highest BCUT2D eigenvalue weighted by Gasteiger charge is 2.16. The summed E-state index contributed by atoms with van der Waals surface area (Å²) in [4.78, 5) is 16.3. The highest BCUT2D eigenvalue weighted by Crippen LogP contribution is 2.11. The molecule has 0 saturated heterocycles. The molecule has 0 aliphatic rings. The van der Waals surface area contributed by atoms with Crippen molar-refractivity contribution < 1.29 is 4.74 Å². The van der Waals surface area contributed by atoms with Crippen LogP contribution in [-0.4, -0.2) is 49.0 Å². The smallest absolute Gasteiger partial charge is 0.258 e.